The van der Waals surface area contributed by atoms with Gasteiger partial charge in [0.1, 0.15) is 11.8 Å². The zero-order valence-electron chi connectivity index (χ0n) is 18.7. The number of rotatable bonds is 10. The number of aryl methyl sites for hydroxylation is 1. The fourth-order valence-corrected chi connectivity index (χ4v) is 3.45. The first kappa shape index (κ1) is 23.3. The monoisotopic (exact) mass is 439 g/mol. The second-order valence-electron chi connectivity index (χ2n) is 7.62. The Bertz CT molecular complexity index is 943. The minimum Gasteiger partial charge on any atom is -0.494 e. The van der Waals surface area contributed by atoms with Gasteiger partial charge in [-0.1, -0.05) is 24.6 Å². The molecule has 0 bridgehead atoms. The predicted molar refractivity (Wildman–Crippen MR) is 122 cm³/mol. The third-order valence-corrected chi connectivity index (χ3v) is 5.14. The van der Waals surface area contributed by atoms with Crippen LogP contribution in [0.2, 0.25) is 0 Å². The molecule has 1 aliphatic rings. The van der Waals surface area contributed by atoms with Crippen molar-refractivity contribution in [2.24, 2.45) is 0 Å². The van der Waals surface area contributed by atoms with Crippen molar-refractivity contribution in [3.05, 3.63) is 54.1 Å². The number of benzene rings is 2. The van der Waals surface area contributed by atoms with Gasteiger partial charge in [-0.3, -0.25) is 9.59 Å². The van der Waals surface area contributed by atoms with Crippen LogP contribution in [0.25, 0.3) is 0 Å². The Morgan fingerprint density at radius 3 is 2.34 bits per heavy atom. The maximum Gasteiger partial charge on any atom is 0.332 e. The van der Waals surface area contributed by atoms with E-state index in [1.807, 2.05) is 26.0 Å². The van der Waals surface area contributed by atoms with E-state index in [4.69, 9.17) is 9.47 Å². The number of methoxy groups -OCH3 is 1. The van der Waals surface area contributed by atoms with Gasteiger partial charge in [-0.2, -0.15) is 0 Å². The number of nitrogens with zero attached hydrogens (tertiary/aromatic N) is 2. The van der Waals surface area contributed by atoms with Gasteiger partial charge in [0, 0.05) is 19.3 Å². The SMILES string of the molecule is CCCOc1ccc(NC(=O)C[C@H]2C(=O)N(c3ccc(C)cc3)C(=O)N2CCOC)cc1. The lowest BCUT2D eigenvalue weighted by Gasteiger charge is -2.21. The lowest BCUT2D eigenvalue weighted by atomic mass is 10.1. The number of carbonyl (C=O) groups excluding carboxylic acids is 3. The Morgan fingerprint density at radius 2 is 1.72 bits per heavy atom. The van der Waals surface area contributed by atoms with E-state index in [9.17, 15) is 14.4 Å². The number of amides is 4. The molecule has 2 aromatic rings. The quantitative estimate of drug-likeness (QED) is 0.572. The largest absolute Gasteiger partial charge is 0.494 e. The number of hydrogen-bond donors (Lipinski definition) is 1. The van der Waals surface area contributed by atoms with Gasteiger partial charge in [0.15, 0.2) is 0 Å². The van der Waals surface area contributed by atoms with Gasteiger partial charge in [-0.15, -0.1) is 0 Å². The molecule has 0 aromatic heterocycles. The molecule has 4 amide bonds. The van der Waals surface area contributed by atoms with E-state index in [0.29, 0.717) is 18.0 Å². The molecule has 0 radical (unpaired) electrons. The highest BCUT2D eigenvalue weighted by Crippen LogP contribution is 2.27. The average molecular weight is 440 g/mol. The Hall–Kier alpha value is -3.39. The first-order valence-corrected chi connectivity index (χ1v) is 10.7. The standard InChI is InChI=1S/C24H29N3O5/c1-4-14-32-20-11-7-18(8-12-20)25-22(28)16-21-23(29)27(19-9-5-17(2)6-10-19)24(30)26(21)13-15-31-3/h5-12,21H,4,13-16H2,1-3H3,(H,25,28)/t21-/m0/s1. The fourth-order valence-electron chi connectivity index (χ4n) is 3.45. The summed E-state index contributed by atoms with van der Waals surface area (Å²) in [6, 6.07) is 12.8. The number of anilines is 2. The molecule has 0 spiro atoms. The number of carbonyl (C=O) groups is 3. The smallest absolute Gasteiger partial charge is 0.332 e. The number of urea groups is 1. The third-order valence-electron chi connectivity index (χ3n) is 5.14. The molecule has 1 heterocycles. The van der Waals surface area contributed by atoms with Crippen LogP contribution in [-0.2, 0) is 14.3 Å². The molecule has 170 valence electrons. The molecule has 8 nitrogen and oxygen atoms in total. The number of hydrogen-bond acceptors (Lipinski definition) is 5. The first-order chi connectivity index (χ1) is 15.4. The Kier molecular flexibility index (Phi) is 7.83. The molecular weight excluding hydrogens is 410 g/mol. The molecule has 1 atom stereocenters. The zero-order chi connectivity index (χ0) is 23.1. The lowest BCUT2D eigenvalue weighted by Crippen LogP contribution is -2.39. The molecule has 3 rings (SSSR count). The van der Waals surface area contributed by atoms with E-state index in [1.165, 1.54) is 12.0 Å². The summed E-state index contributed by atoms with van der Waals surface area (Å²) in [6.07, 6.45) is 0.760. The van der Waals surface area contributed by atoms with Crippen molar-refractivity contribution < 1.29 is 23.9 Å². The van der Waals surface area contributed by atoms with Crippen molar-refractivity contribution in [2.45, 2.75) is 32.7 Å². The van der Waals surface area contributed by atoms with Crippen LogP contribution in [0, 0.1) is 6.92 Å². The minimum absolute atomic E-state index is 0.148. The highest BCUT2D eigenvalue weighted by Gasteiger charge is 2.46. The maximum atomic E-state index is 13.1. The minimum atomic E-state index is -0.897. The molecule has 0 unspecified atom stereocenters. The van der Waals surface area contributed by atoms with Crippen LogP contribution < -0.4 is 15.0 Å². The summed E-state index contributed by atoms with van der Waals surface area (Å²) in [5.41, 5.74) is 2.10. The summed E-state index contributed by atoms with van der Waals surface area (Å²) >= 11 is 0. The van der Waals surface area contributed by atoms with E-state index in [2.05, 4.69) is 5.32 Å². The molecule has 1 aliphatic heterocycles. The molecule has 1 N–H and O–H groups in total. The molecule has 2 aromatic carbocycles. The average Bonchev–Trinajstić information content (AvgIpc) is 3.01. The molecule has 1 saturated heterocycles. The van der Waals surface area contributed by atoms with Crippen LogP contribution in [0.1, 0.15) is 25.3 Å². The van der Waals surface area contributed by atoms with Crippen molar-refractivity contribution in [2.75, 3.05) is 37.1 Å². The summed E-state index contributed by atoms with van der Waals surface area (Å²) in [6.45, 7) is 5.05. The molecule has 1 fully saturated rings. The van der Waals surface area contributed by atoms with Crippen LogP contribution in [0.15, 0.2) is 48.5 Å². The van der Waals surface area contributed by atoms with Crippen molar-refractivity contribution in [3.8, 4) is 5.75 Å². The highest BCUT2D eigenvalue weighted by molar-refractivity contribution is 6.22. The summed E-state index contributed by atoms with van der Waals surface area (Å²) in [7, 11) is 1.52. The van der Waals surface area contributed by atoms with E-state index < -0.39 is 18.0 Å². The Labute approximate surface area is 188 Å². The summed E-state index contributed by atoms with van der Waals surface area (Å²) in [4.78, 5) is 41.4. The first-order valence-electron chi connectivity index (χ1n) is 10.7. The van der Waals surface area contributed by atoms with Gasteiger partial charge in [0.05, 0.1) is 25.3 Å². The lowest BCUT2D eigenvalue weighted by molar-refractivity contribution is -0.124. The van der Waals surface area contributed by atoms with E-state index in [0.717, 1.165) is 22.6 Å². The fraction of sp³-hybridized carbons (Fsp3) is 0.375. The van der Waals surface area contributed by atoms with Crippen molar-refractivity contribution in [1.29, 1.82) is 0 Å². The van der Waals surface area contributed by atoms with Crippen molar-refractivity contribution in [3.63, 3.8) is 0 Å². The number of imide groups is 1. The molecule has 8 heteroatoms. The van der Waals surface area contributed by atoms with Crippen LogP contribution in [0.3, 0.4) is 0 Å². The topological polar surface area (TPSA) is 88.2 Å². The van der Waals surface area contributed by atoms with Gasteiger partial charge in [0.25, 0.3) is 5.91 Å². The predicted octanol–water partition coefficient (Wildman–Crippen LogP) is 3.60. The molecular formula is C24H29N3O5. The van der Waals surface area contributed by atoms with E-state index >= 15 is 0 Å². The summed E-state index contributed by atoms with van der Waals surface area (Å²) in [5, 5.41) is 2.79. The zero-order valence-corrected chi connectivity index (χ0v) is 18.7. The summed E-state index contributed by atoms with van der Waals surface area (Å²) in [5.74, 6) is -0.0548. The normalized spacial score (nSPS) is 15.9. The Balaban J connectivity index is 1.72. The highest BCUT2D eigenvalue weighted by atomic mass is 16.5. The van der Waals surface area contributed by atoms with Gasteiger partial charge >= 0.3 is 6.03 Å². The van der Waals surface area contributed by atoms with E-state index in [-0.39, 0.29) is 25.5 Å². The van der Waals surface area contributed by atoms with Gasteiger partial charge in [0.2, 0.25) is 5.91 Å². The maximum absolute atomic E-state index is 13.1. The Morgan fingerprint density at radius 1 is 1.03 bits per heavy atom. The number of nitrogens with one attached hydrogen (secondary N) is 1. The third kappa shape index (κ3) is 5.45. The van der Waals surface area contributed by atoms with Gasteiger partial charge in [-0.05, 0) is 49.7 Å². The molecule has 32 heavy (non-hydrogen) atoms. The summed E-state index contributed by atoms with van der Waals surface area (Å²) < 4.78 is 10.6. The molecule has 0 saturated carbocycles. The van der Waals surface area contributed by atoms with Crippen molar-refractivity contribution >= 4 is 29.2 Å². The number of ether oxygens (including phenoxy) is 2. The van der Waals surface area contributed by atoms with Crippen LogP contribution in [0.4, 0.5) is 16.2 Å². The van der Waals surface area contributed by atoms with Crippen LogP contribution in [0.5, 0.6) is 5.75 Å². The van der Waals surface area contributed by atoms with E-state index in [1.54, 1.807) is 36.4 Å². The van der Waals surface area contributed by atoms with Crippen molar-refractivity contribution in [1.82, 2.24) is 4.90 Å². The second-order valence-corrected chi connectivity index (χ2v) is 7.62. The van der Waals surface area contributed by atoms with Crippen LogP contribution >= 0.6 is 0 Å². The molecule has 0 aliphatic carbocycles. The van der Waals surface area contributed by atoms with Crippen LogP contribution in [-0.4, -0.2) is 55.7 Å². The van der Waals surface area contributed by atoms with Gasteiger partial charge in [-0.25, -0.2) is 9.69 Å². The second kappa shape index (κ2) is 10.8. The van der Waals surface area contributed by atoms with Gasteiger partial charge < -0.3 is 19.7 Å².